The summed E-state index contributed by atoms with van der Waals surface area (Å²) in [5.74, 6) is 0.00248. The van der Waals surface area contributed by atoms with Crippen molar-refractivity contribution in [3.8, 4) is 22.5 Å². The van der Waals surface area contributed by atoms with Gasteiger partial charge in [0.25, 0.3) is 0 Å². The van der Waals surface area contributed by atoms with Crippen LogP contribution >= 0.6 is 11.6 Å². The van der Waals surface area contributed by atoms with E-state index >= 15 is 0 Å². The minimum Gasteiger partial charge on any atom is -0.339 e. The molecule has 2 aromatic heterocycles. The van der Waals surface area contributed by atoms with Crippen LogP contribution in [0.3, 0.4) is 0 Å². The summed E-state index contributed by atoms with van der Waals surface area (Å²) in [6, 6.07) is 6.44. The van der Waals surface area contributed by atoms with Gasteiger partial charge in [0.2, 0.25) is 11.7 Å². The standard InChI is InChI=1S/C15H12ClFN4O/c1-8-20-15(21-22-8)14-12(4-10(16)5-13(14)17)9-2-3-11(6-18)19-7-9/h2-5,7H,6,18H2,1H3. The number of hydrogen-bond donors (Lipinski definition) is 1. The molecule has 0 radical (unpaired) electrons. The normalized spacial score (nSPS) is 10.9. The van der Waals surface area contributed by atoms with Crippen molar-refractivity contribution in [1.29, 1.82) is 0 Å². The Morgan fingerprint density at radius 1 is 1.32 bits per heavy atom. The molecule has 0 atom stereocenters. The summed E-state index contributed by atoms with van der Waals surface area (Å²) in [6.45, 7) is 1.97. The Balaban J connectivity index is 2.20. The van der Waals surface area contributed by atoms with Crippen LogP contribution in [-0.4, -0.2) is 15.1 Å². The van der Waals surface area contributed by atoms with Crippen molar-refractivity contribution in [3.63, 3.8) is 0 Å². The fourth-order valence-electron chi connectivity index (χ4n) is 2.13. The van der Waals surface area contributed by atoms with E-state index in [0.29, 0.717) is 23.6 Å². The lowest BCUT2D eigenvalue weighted by Crippen LogP contribution is -1.99. The quantitative estimate of drug-likeness (QED) is 0.801. The zero-order valence-electron chi connectivity index (χ0n) is 11.7. The molecule has 7 heteroatoms. The highest BCUT2D eigenvalue weighted by atomic mass is 35.5. The topological polar surface area (TPSA) is 77.8 Å². The van der Waals surface area contributed by atoms with E-state index in [0.717, 1.165) is 5.69 Å². The van der Waals surface area contributed by atoms with E-state index in [-0.39, 0.29) is 16.4 Å². The van der Waals surface area contributed by atoms with Crippen LogP contribution in [0.15, 0.2) is 35.0 Å². The number of hydrogen-bond acceptors (Lipinski definition) is 5. The summed E-state index contributed by atoms with van der Waals surface area (Å²) in [7, 11) is 0. The van der Waals surface area contributed by atoms with Gasteiger partial charge in [-0.1, -0.05) is 22.8 Å². The summed E-state index contributed by atoms with van der Waals surface area (Å²) in [6.07, 6.45) is 1.61. The number of aryl methyl sites for hydroxylation is 1. The molecule has 3 aromatic rings. The second kappa shape index (κ2) is 5.82. The van der Waals surface area contributed by atoms with Gasteiger partial charge >= 0.3 is 0 Å². The fourth-order valence-corrected chi connectivity index (χ4v) is 2.34. The number of pyridine rings is 1. The van der Waals surface area contributed by atoms with Crippen molar-refractivity contribution in [1.82, 2.24) is 15.1 Å². The zero-order valence-corrected chi connectivity index (χ0v) is 12.4. The monoisotopic (exact) mass is 318 g/mol. The first-order valence-corrected chi connectivity index (χ1v) is 6.91. The van der Waals surface area contributed by atoms with Crippen molar-refractivity contribution >= 4 is 11.6 Å². The maximum atomic E-state index is 14.4. The number of benzene rings is 1. The number of nitrogens with zero attached hydrogens (tertiary/aromatic N) is 3. The van der Waals surface area contributed by atoms with Gasteiger partial charge in [0, 0.05) is 30.3 Å². The molecule has 0 unspecified atom stereocenters. The van der Waals surface area contributed by atoms with Gasteiger partial charge in [-0.25, -0.2) is 4.39 Å². The van der Waals surface area contributed by atoms with Crippen LogP contribution in [0.2, 0.25) is 5.02 Å². The molecule has 0 saturated heterocycles. The molecule has 3 rings (SSSR count). The Hall–Kier alpha value is -2.31. The summed E-state index contributed by atoms with van der Waals surface area (Å²) in [5, 5.41) is 4.06. The molecule has 0 amide bonds. The Morgan fingerprint density at radius 2 is 2.14 bits per heavy atom. The molecular weight excluding hydrogens is 307 g/mol. The number of aromatic nitrogens is 3. The van der Waals surface area contributed by atoms with Gasteiger partial charge in [-0.3, -0.25) is 4.98 Å². The average Bonchev–Trinajstić information content (AvgIpc) is 2.92. The van der Waals surface area contributed by atoms with E-state index in [9.17, 15) is 4.39 Å². The minimum absolute atomic E-state index is 0.171. The molecule has 2 N–H and O–H groups in total. The van der Waals surface area contributed by atoms with Gasteiger partial charge in [0.15, 0.2) is 0 Å². The van der Waals surface area contributed by atoms with Gasteiger partial charge in [-0.2, -0.15) is 4.98 Å². The second-order valence-corrected chi connectivity index (χ2v) is 5.13. The smallest absolute Gasteiger partial charge is 0.223 e. The lowest BCUT2D eigenvalue weighted by atomic mass is 10.00. The Morgan fingerprint density at radius 3 is 2.73 bits per heavy atom. The average molecular weight is 319 g/mol. The summed E-state index contributed by atoms with van der Waals surface area (Å²) >= 11 is 5.98. The third-order valence-corrected chi connectivity index (χ3v) is 3.37. The first-order valence-electron chi connectivity index (χ1n) is 6.53. The second-order valence-electron chi connectivity index (χ2n) is 4.69. The minimum atomic E-state index is -0.522. The number of halogens is 2. The molecule has 2 heterocycles. The van der Waals surface area contributed by atoms with Gasteiger partial charge in [-0.15, -0.1) is 0 Å². The van der Waals surface area contributed by atoms with Crippen LogP contribution in [0.1, 0.15) is 11.6 Å². The highest BCUT2D eigenvalue weighted by molar-refractivity contribution is 6.31. The van der Waals surface area contributed by atoms with Gasteiger partial charge in [-0.05, 0) is 23.8 Å². The predicted molar refractivity (Wildman–Crippen MR) is 80.6 cm³/mol. The third-order valence-electron chi connectivity index (χ3n) is 3.15. The maximum Gasteiger partial charge on any atom is 0.223 e. The van der Waals surface area contributed by atoms with E-state index in [2.05, 4.69) is 15.1 Å². The molecule has 5 nitrogen and oxygen atoms in total. The third kappa shape index (κ3) is 2.70. The first-order chi connectivity index (χ1) is 10.6. The molecule has 112 valence electrons. The van der Waals surface area contributed by atoms with Crippen LogP contribution in [0.5, 0.6) is 0 Å². The maximum absolute atomic E-state index is 14.4. The number of rotatable bonds is 3. The molecule has 0 saturated carbocycles. The molecule has 0 spiro atoms. The SMILES string of the molecule is Cc1nc(-c2c(F)cc(Cl)cc2-c2ccc(CN)nc2)no1. The summed E-state index contributed by atoms with van der Waals surface area (Å²) in [5.41, 5.74) is 7.73. The molecule has 1 aromatic carbocycles. The Labute approximate surface area is 130 Å². The first kappa shape index (κ1) is 14.6. The van der Waals surface area contributed by atoms with E-state index < -0.39 is 5.82 Å². The van der Waals surface area contributed by atoms with Crippen molar-refractivity contribution in [2.75, 3.05) is 0 Å². The highest BCUT2D eigenvalue weighted by Gasteiger charge is 2.19. The van der Waals surface area contributed by atoms with E-state index in [1.54, 1.807) is 31.3 Å². The van der Waals surface area contributed by atoms with Crippen molar-refractivity contribution in [2.24, 2.45) is 5.73 Å². The molecule has 0 fully saturated rings. The molecule has 0 bridgehead atoms. The predicted octanol–water partition coefficient (Wildman–Crippen LogP) is 3.36. The Kier molecular flexibility index (Phi) is 3.87. The lowest BCUT2D eigenvalue weighted by molar-refractivity contribution is 0.394. The largest absolute Gasteiger partial charge is 0.339 e. The number of nitrogens with two attached hydrogens (primary N) is 1. The zero-order chi connectivity index (χ0) is 15.7. The van der Waals surface area contributed by atoms with Crippen molar-refractivity contribution in [2.45, 2.75) is 13.5 Å². The van der Waals surface area contributed by atoms with Gasteiger partial charge in [0.05, 0.1) is 11.3 Å². The molecule has 0 aliphatic rings. The van der Waals surface area contributed by atoms with Crippen LogP contribution in [-0.2, 0) is 6.54 Å². The van der Waals surface area contributed by atoms with Crippen molar-refractivity contribution in [3.05, 3.63) is 52.9 Å². The summed E-state index contributed by atoms with van der Waals surface area (Å²) in [4.78, 5) is 8.31. The highest BCUT2D eigenvalue weighted by Crippen LogP contribution is 2.35. The Bertz CT molecular complexity index is 817. The van der Waals surface area contributed by atoms with E-state index in [1.165, 1.54) is 6.07 Å². The van der Waals surface area contributed by atoms with Crippen LogP contribution in [0.4, 0.5) is 4.39 Å². The van der Waals surface area contributed by atoms with Gasteiger partial charge in [0.1, 0.15) is 5.82 Å². The van der Waals surface area contributed by atoms with Gasteiger partial charge < -0.3 is 10.3 Å². The van der Waals surface area contributed by atoms with Crippen LogP contribution in [0.25, 0.3) is 22.5 Å². The van der Waals surface area contributed by atoms with Crippen LogP contribution in [0, 0.1) is 12.7 Å². The molecule has 22 heavy (non-hydrogen) atoms. The summed E-state index contributed by atoms with van der Waals surface area (Å²) < 4.78 is 19.3. The fraction of sp³-hybridized carbons (Fsp3) is 0.133. The van der Waals surface area contributed by atoms with Crippen LogP contribution < -0.4 is 5.73 Å². The van der Waals surface area contributed by atoms with Crippen molar-refractivity contribution < 1.29 is 8.91 Å². The van der Waals surface area contributed by atoms with E-state index in [1.807, 2.05) is 0 Å². The lowest BCUT2D eigenvalue weighted by Gasteiger charge is -2.09. The molecular formula is C15H12ClFN4O. The van der Waals surface area contributed by atoms with E-state index in [4.69, 9.17) is 21.9 Å². The molecule has 0 aliphatic carbocycles. The molecule has 0 aliphatic heterocycles.